The second-order valence-electron chi connectivity index (χ2n) is 12.2. The van der Waals surface area contributed by atoms with Crippen LogP contribution in [0.5, 0.6) is 0 Å². The van der Waals surface area contributed by atoms with E-state index in [1.807, 2.05) is 78.9 Å². The molecule has 46 heavy (non-hydrogen) atoms. The Morgan fingerprint density at radius 1 is 0.717 bits per heavy atom. The minimum absolute atomic E-state index is 0.0222. The van der Waals surface area contributed by atoms with Crippen molar-refractivity contribution in [2.24, 2.45) is 5.92 Å². The summed E-state index contributed by atoms with van der Waals surface area (Å²) in [5.41, 5.74) is 4.96. The molecule has 5 rings (SSSR count). The van der Waals surface area contributed by atoms with Crippen molar-refractivity contribution in [1.29, 1.82) is 10.5 Å². The highest BCUT2D eigenvalue weighted by Gasteiger charge is 2.16. The third-order valence-electron chi connectivity index (χ3n) is 8.78. The number of piperidine rings is 2. The van der Waals surface area contributed by atoms with E-state index >= 15 is 0 Å². The lowest BCUT2D eigenvalue weighted by Gasteiger charge is -2.28. The third kappa shape index (κ3) is 8.99. The zero-order valence-electron chi connectivity index (χ0n) is 26.4. The van der Waals surface area contributed by atoms with Gasteiger partial charge in [-0.05, 0) is 104 Å². The van der Waals surface area contributed by atoms with Crippen LogP contribution in [0.4, 0.5) is 11.4 Å². The molecule has 0 saturated carbocycles. The van der Waals surface area contributed by atoms with E-state index in [2.05, 4.69) is 20.4 Å². The minimum Gasteiger partial charge on any atom is -0.372 e. The summed E-state index contributed by atoms with van der Waals surface area (Å²) in [5, 5.41) is 25.1. The van der Waals surface area contributed by atoms with Gasteiger partial charge in [-0.1, -0.05) is 42.5 Å². The van der Waals surface area contributed by atoms with Crippen molar-refractivity contribution in [3.63, 3.8) is 0 Å². The van der Waals surface area contributed by atoms with Crippen LogP contribution in [-0.4, -0.2) is 51.1 Å². The van der Waals surface area contributed by atoms with Gasteiger partial charge in [0.05, 0.1) is 0 Å². The number of rotatable bonds is 10. The maximum atomic E-state index is 12.8. The van der Waals surface area contributed by atoms with Crippen LogP contribution in [0.15, 0.2) is 83.5 Å². The first-order valence-electron chi connectivity index (χ1n) is 16.4. The Morgan fingerprint density at radius 3 is 1.67 bits per heavy atom. The van der Waals surface area contributed by atoms with Crippen LogP contribution in [0.25, 0.3) is 12.2 Å². The standard InChI is InChI=1S/C38H42N6O2/c39-25-33(23-29-10-14-35(15-11-29)43-18-3-1-4-19-43)37(45)41-27-31-8-7-9-32(22-31)28-42-38(46)34(26-40)24-30-12-16-36(17-13-30)44-20-5-2-6-21-44/h7-8,10-17,22-24,32H,1-6,9,18-21,27-28H2,(H,41,45)(H,42,46)/b33-23-,34-24-. The number of anilines is 2. The molecule has 2 aromatic carbocycles. The van der Waals surface area contributed by atoms with Crippen molar-refractivity contribution in [3.8, 4) is 12.1 Å². The number of nitrogens with zero attached hydrogens (tertiary/aromatic N) is 4. The summed E-state index contributed by atoms with van der Waals surface area (Å²) in [6, 6.07) is 20.0. The van der Waals surface area contributed by atoms with E-state index in [0.29, 0.717) is 6.54 Å². The third-order valence-corrected chi connectivity index (χ3v) is 8.78. The monoisotopic (exact) mass is 614 g/mol. The fourth-order valence-corrected chi connectivity index (χ4v) is 6.17. The molecule has 0 radical (unpaired) electrons. The number of nitrogens with one attached hydrogen (secondary N) is 2. The Labute approximate surface area is 272 Å². The highest BCUT2D eigenvalue weighted by atomic mass is 16.2. The average Bonchev–Trinajstić information content (AvgIpc) is 3.12. The maximum absolute atomic E-state index is 12.8. The maximum Gasteiger partial charge on any atom is 0.262 e. The van der Waals surface area contributed by atoms with E-state index < -0.39 is 11.8 Å². The smallest absolute Gasteiger partial charge is 0.262 e. The summed E-state index contributed by atoms with van der Waals surface area (Å²) in [5.74, 6) is -0.817. The normalized spacial score (nSPS) is 18.7. The Morgan fingerprint density at radius 2 is 1.20 bits per heavy atom. The van der Waals surface area contributed by atoms with Gasteiger partial charge in [-0.25, -0.2) is 0 Å². The topological polar surface area (TPSA) is 112 Å². The van der Waals surface area contributed by atoms with Gasteiger partial charge >= 0.3 is 0 Å². The van der Waals surface area contributed by atoms with Gasteiger partial charge in [0.25, 0.3) is 11.8 Å². The quantitative estimate of drug-likeness (QED) is 0.254. The van der Waals surface area contributed by atoms with Crippen molar-refractivity contribution in [2.45, 2.75) is 44.9 Å². The molecule has 2 aromatic rings. The lowest BCUT2D eigenvalue weighted by atomic mass is 9.96. The number of carbonyl (C=O) groups excluding carboxylic acids is 2. The van der Waals surface area contributed by atoms with Crippen LogP contribution >= 0.6 is 0 Å². The molecule has 1 unspecified atom stereocenters. The van der Waals surface area contributed by atoms with Gasteiger partial charge in [-0.2, -0.15) is 10.5 Å². The molecule has 2 heterocycles. The molecule has 2 amide bonds. The Bertz CT molecular complexity index is 1580. The number of amides is 2. The number of nitriles is 2. The van der Waals surface area contributed by atoms with Crippen molar-refractivity contribution in [2.75, 3.05) is 49.1 Å². The van der Waals surface area contributed by atoms with Crippen molar-refractivity contribution in [1.82, 2.24) is 10.6 Å². The zero-order chi connectivity index (χ0) is 32.1. The van der Waals surface area contributed by atoms with Crippen LogP contribution in [0, 0.1) is 28.6 Å². The summed E-state index contributed by atoms with van der Waals surface area (Å²) in [6.07, 6.45) is 17.3. The van der Waals surface area contributed by atoms with Crippen molar-refractivity contribution in [3.05, 3.63) is 94.6 Å². The second kappa shape index (κ2) is 16.3. The van der Waals surface area contributed by atoms with Crippen molar-refractivity contribution < 1.29 is 9.59 Å². The van der Waals surface area contributed by atoms with Crippen LogP contribution in [0.2, 0.25) is 0 Å². The van der Waals surface area contributed by atoms with Gasteiger partial charge in [0.15, 0.2) is 0 Å². The van der Waals surface area contributed by atoms with Crippen LogP contribution in [0.3, 0.4) is 0 Å². The van der Waals surface area contributed by atoms with E-state index in [0.717, 1.165) is 49.3 Å². The molecule has 2 fully saturated rings. The number of hydrogen-bond acceptors (Lipinski definition) is 6. The fourth-order valence-electron chi connectivity index (χ4n) is 6.17. The molecular formula is C38H42N6O2. The molecule has 8 nitrogen and oxygen atoms in total. The first-order valence-corrected chi connectivity index (χ1v) is 16.4. The lowest BCUT2D eigenvalue weighted by Crippen LogP contribution is -2.31. The number of hydrogen-bond donors (Lipinski definition) is 2. The highest BCUT2D eigenvalue weighted by molar-refractivity contribution is 6.02. The Kier molecular flexibility index (Phi) is 11.4. The fraction of sp³-hybridized carbons (Fsp3) is 0.368. The molecule has 236 valence electrons. The molecule has 3 aliphatic rings. The van der Waals surface area contributed by atoms with E-state index in [9.17, 15) is 20.1 Å². The van der Waals surface area contributed by atoms with Gasteiger partial charge in [-0.3, -0.25) is 9.59 Å². The number of benzene rings is 2. The minimum atomic E-state index is -0.430. The van der Waals surface area contributed by atoms with E-state index in [4.69, 9.17) is 0 Å². The summed E-state index contributed by atoms with van der Waals surface area (Å²) in [6.45, 7) is 4.88. The second-order valence-corrected chi connectivity index (χ2v) is 12.2. The predicted octanol–water partition coefficient (Wildman–Crippen LogP) is 5.92. The largest absolute Gasteiger partial charge is 0.372 e. The molecule has 2 N–H and O–H groups in total. The number of carbonyl (C=O) groups is 2. The van der Waals surface area contributed by atoms with E-state index in [1.165, 1.54) is 49.9 Å². The Balaban J connectivity index is 1.11. The van der Waals surface area contributed by atoms with Crippen molar-refractivity contribution >= 4 is 35.3 Å². The molecule has 1 atom stereocenters. The molecule has 0 bridgehead atoms. The predicted molar refractivity (Wildman–Crippen MR) is 184 cm³/mol. The van der Waals surface area contributed by atoms with Crippen LogP contribution < -0.4 is 20.4 Å². The van der Waals surface area contributed by atoms with E-state index in [-0.39, 0.29) is 23.6 Å². The van der Waals surface area contributed by atoms with Gasteiger partial charge < -0.3 is 20.4 Å². The zero-order valence-corrected chi connectivity index (χ0v) is 26.4. The number of allylic oxidation sites excluding steroid dienone is 1. The van der Waals surface area contributed by atoms with E-state index in [1.54, 1.807) is 12.2 Å². The molecule has 0 aromatic heterocycles. The molecular weight excluding hydrogens is 572 g/mol. The SMILES string of the molecule is N#C/C(=C/c1ccc(N2CCCCC2)cc1)C(=O)NCC1=CC(CNC(=O)/C(C#N)=C\c2ccc(N3CCCCC3)cc2)CC=C1. The summed E-state index contributed by atoms with van der Waals surface area (Å²) in [4.78, 5) is 30.4. The molecule has 1 aliphatic carbocycles. The summed E-state index contributed by atoms with van der Waals surface area (Å²) >= 11 is 0. The molecule has 2 saturated heterocycles. The molecule has 0 spiro atoms. The summed E-state index contributed by atoms with van der Waals surface area (Å²) in [7, 11) is 0. The average molecular weight is 615 g/mol. The van der Waals surface area contributed by atoms with Gasteiger partial charge in [0.1, 0.15) is 23.3 Å². The van der Waals surface area contributed by atoms with Gasteiger partial charge in [0.2, 0.25) is 0 Å². The van der Waals surface area contributed by atoms with Gasteiger partial charge in [0, 0.05) is 50.6 Å². The lowest BCUT2D eigenvalue weighted by molar-refractivity contribution is -0.117. The first-order chi connectivity index (χ1) is 22.5. The van der Waals surface area contributed by atoms with Gasteiger partial charge in [-0.15, -0.1) is 0 Å². The Hall–Kier alpha value is -5.08. The first kappa shape index (κ1) is 32.3. The summed E-state index contributed by atoms with van der Waals surface area (Å²) < 4.78 is 0. The molecule has 8 heteroatoms. The highest BCUT2D eigenvalue weighted by Crippen LogP contribution is 2.23. The van der Waals surface area contributed by atoms with Crippen LogP contribution in [-0.2, 0) is 9.59 Å². The molecule has 2 aliphatic heterocycles. The van der Waals surface area contributed by atoms with Crippen LogP contribution in [0.1, 0.15) is 56.1 Å².